The highest BCUT2D eigenvalue weighted by Crippen LogP contribution is 2.25. The van der Waals surface area contributed by atoms with Crippen molar-refractivity contribution in [3.63, 3.8) is 0 Å². The standard InChI is InChI=1S/C12H23NO3/c1-12(2,3)16-11(14)13-10-6-5-9(7-10)8-15-4/h9-10H,5-8H2,1-4H3,(H,13,14). The van der Waals surface area contributed by atoms with Gasteiger partial charge in [-0.1, -0.05) is 0 Å². The first kappa shape index (κ1) is 13.3. The third kappa shape index (κ3) is 4.84. The second-order valence-electron chi connectivity index (χ2n) is 5.48. The molecule has 0 radical (unpaired) electrons. The molecule has 4 heteroatoms. The highest BCUT2D eigenvalue weighted by atomic mass is 16.6. The van der Waals surface area contributed by atoms with Gasteiger partial charge in [0.1, 0.15) is 5.60 Å². The van der Waals surface area contributed by atoms with Crippen molar-refractivity contribution in [2.24, 2.45) is 5.92 Å². The molecule has 16 heavy (non-hydrogen) atoms. The van der Waals surface area contributed by atoms with E-state index in [1.165, 1.54) is 0 Å². The third-order valence-corrected chi connectivity index (χ3v) is 2.66. The van der Waals surface area contributed by atoms with E-state index in [0.29, 0.717) is 5.92 Å². The number of methoxy groups -OCH3 is 1. The van der Waals surface area contributed by atoms with Gasteiger partial charge in [0.25, 0.3) is 0 Å². The molecule has 0 aromatic rings. The molecule has 0 saturated heterocycles. The molecule has 0 aliphatic heterocycles. The van der Waals surface area contributed by atoms with Gasteiger partial charge in [0, 0.05) is 19.8 Å². The molecule has 1 saturated carbocycles. The first-order valence-corrected chi connectivity index (χ1v) is 5.89. The van der Waals surface area contributed by atoms with E-state index in [9.17, 15) is 4.79 Å². The maximum Gasteiger partial charge on any atom is 0.407 e. The molecule has 0 spiro atoms. The summed E-state index contributed by atoms with van der Waals surface area (Å²) in [6.07, 6.45) is 2.82. The van der Waals surface area contributed by atoms with E-state index in [1.807, 2.05) is 20.8 Å². The molecule has 0 bridgehead atoms. The Kier molecular flexibility index (Phi) is 4.59. The SMILES string of the molecule is COCC1CCC(NC(=O)OC(C)(C)C)C1. The predicted molar refractivity (Wildman–Crippen MR) is 62.4 cm³/mol. The summed E-state index contributed by atoms with van der Waals surface area (Å²) in [5.41, 5.74) is -0.422. The third-order valence-electron chi connectivity index (χ3n) is 2.66. The van der Waals surface area contributed by atoms with E-state index >= 15 is 0 Å². The number of hydrogen-bond acceptors (Lipinski definition) is 3. The van der Waals surface area contributed by atoms with Crippen molar-refractivity contribution in [2.45, 2.75) is 51.7 Å². The zero-order chi connectivity index (χ0) is 12.2. The van der Waals surface area contributed by atoms with Gasteiger partial charge >= 0.3 is 6.09 Å². The number of carbonyl (C=O) groups excluding carboxylic acids is 1. The highest BCUT2D eigenvalue weighted by Gasteiger charge is 2.27. The fraction of sp³-hybridized carbons (Fsp3) is 0.917. The lowest BCUT2D eigenvalue weighted by atomic mass is 10.1. The lowest BCUT2D eigenvalue weighted by Crippen LogP contribution is -2.38. The monoisotopic (exact) mass is 229 g/mol. The van der Waals surface area contributed by atoms with Crippen LogP contribution in [0.15, 0.2) is 0 Å². The Bertz CT molecular complexity index is 235. The van der Waals surface area contributed by atoms with Crippen molar-refractivity contribution in [2.75, 3.05) is 13.7 Å². The molecule has 1 fully saturated rings. The Hall–Kier alpha value is -0.770. The molecule has 1 amide bonds. The number of carbonyl (C=O) groups is 1. The minimum absolute atomic E-state index is 0.245. The van der Waals surface area contributed by atoms with Crippen LogP contribution in [0.4, 0.5) is 4.79 Å². The fourth-order valence-corrected chi connectivity index (χ4v) is 2.07. The summed E-state index contributed by atoms with van der Waals surface area (Å²) in [6, 6.07) is 0.245. The van der Waals surface area contributed by atoms with Gasteiger partial charge in [-0.3, -0.25) is 0 Å². The second-order valence-corrected chi connectivity index (χ2v) is 5.48. The van der Waals surface area contributed by atoms with E-state index in [4.69, 9.17) is 9.47 Å². The maximum atomic E-state index is 11.5. The van der Waals surface area contributed by atoms with Gasteiger partial charge in [-0.2, -0.15) is 0 Å². The summed E-state index contributed by atoms with van der Waals surface area (Å²) in [6.45, 7) is 6.39. The van der Waals surface area contributed by atoms with E-state index < -0.39 is 5.60 Å². The van der Waals surface area contributed by atoms with E-state index in [0.717, 1.165) is 25.9 Å². The summed E-state index contributed by atoms with van der Waals surface area (Å²) in [7, 11) is 1.72. The van der Waals surface area contributed by atoms with Gasteiger partial charge in [-0.05, 0) is 46.0 Å². The molecule has 2 unspecified atom stereocenters. The second kappa shape index (κ2) is 5.53. The van der Waals surface area contributed by atoms with Gasteiger partial charge in [0.2, 0.25) is 0 Å². The van der Waals surface area contributed by atoms with Crippen LogP contribution in [-0.4, -0.2) is 31.5 Å². The largest absolute Gasteiger partial charge is 0.444 e. The molecule has 0 heterocycles. The lowest BCUT2D eigenvalue weighted by Gasteiger charge is -2.21. The van der Waals surface area contributed by atoms with Crippen LogP contribution in [0.3, 0.4) is 0 Å². The molecular weight excluding hydrogens is 206 g/mol. The zero-order valence-corrected chi connectivity index (χ0v) is 10.7. The quantitative estimate of drug-likeness (QED) is 0.808. The smallest absolute Gasteiger partial charge is 0.407 e. The van der Waals surface area contributed by atoms with Gasteiger partial charge in [0.05, 0.1) is 0 Å². The van der Waals surface area contributed by atoms with Crippen LogP contribution in [0.1, 0.15) is 40.0 Å². The first-order valence-electron chi connectivity index (χ1n) is 5.89. The van der Waals surface area contributed by atoms with E-state index in [2.05, 4.69) is 5.32 Å². The van der Waals surface area contributed by atoms with Crippen molar-refractivity contribution in [1.29, 1.82) is 0 Å². The molecule has 1 N–H and O–H groups in total. The number of rotatable bonds is 3. The first-order chi connectivity index (χ1) is 7.40. The van der Waals surface area contributed by atoms with Gasteiger partial charge in [0.15, 0.2) is 0 Å². The minimum Gasteiger partial charge on any atom is -0.444 e. The van der Waals surface area contributed by atoms with Crippen LogP contribution >= 0.6 is 0 Å². The average molecular weight is 229 g/mol. The summed E-state index contributed by atoms with van der Waals surface area (Å²) in [5, 5.41) is 2.91. The Balaban J connectivity index is 2.26. The fourth-order valence-electron chi connectivity index (χ4n) is 2.07. The van der Waals surface area contributed by atoms with E-state index in [1.54, 1.807) is 7.11 Å². The molecule has 94 valence electrons. The van der Waals surface area contributed by atoms with Crippen molar-refractivity contribution < 1.29 is 14.3 Å². The van der Waals surface area contributed by atoms with Crippen LogP contribution in [-0.2, 0) is 9.47 Å². The summed E-state index contributed by atoms with van der Waals surface area (Å²) in [5.74, 6) is 0.574. The van der Waals surface area contributed by atoms with Crippen LogP contribution in [0.25, 0.3) is 0 Å². The van der Waals surface area contributed by atoms with Gasteiger partial charge in [-0.15, -0.1) is 0 Å². The predicted octanol–water partition coefficient (Wildman–Crippen LogP) is 2.33. The van der Waals surface area contributed by atoms with Crippen molar-refractivity contribution in [3.8, 4) is 0 Å². The van der Waals surface area contributed by atoms with Crippen LogP contribution in [0.2, 0.25) is 0 Å². The maximum absolute atomic E-state index is 11.5. The Morgan fingerprint density at radius 2 is 2.06 bits per heavy atom. The molecule has 4 nitrogen and oxygen atoms in total. The topological polar surface area (TPSA) is 47.6 Å². The zero-order valence-electron chi connectivity index (χ0n) is 10.7. The normalized spacial score (nSPS) is 25.5. The Morgan fingerprint density at radius 3 is 2.62 bits per heavy atom. The number of nitrogens with one attached hydrogen (secondary N) is 1. The minimum atomic E-state index is -0.422. The van der Waals surface area contributed by atoms with Crippen LogP contribution in [0.5, 0.6) is 0 Å². The number of hydrogen-bond donors (Lipinski definition) is 1. The van der Waals surface area contributed by atoms with Crippen LogP contribution < -0.4 is 5.32 Å². The summed E-state index contributed by atoms with van der Waals surface area (Å²) >= 11 is 0. The number of ether oxygens (including phenoxy) is 2. The molecule has 1 rings (SSSR count). The van der Waals surface area contributed by atoms with Gasteiger partial charge in [-0.25, -0.2) is 4.79 Å². The van der Waals surface area contributed by atoms with Crippen molar-refractivity contribution in [1.82, 2.24) is 5.32 Å². The van der Waals surface area contributed by atoms with Crippen molar-refractivity contribution >= 4 is 6.09 Å². The average Bonchev–Trinajstić information content (AvgIpc) is 2.49. The Labute approximate surface area is 97.7 Å². The van der Waals surface area contributed by atoms with Gasteiger partial charge < -0.3 is 14.8 Å². The molecule has 1 aliphatic carbocycles. The number of alkyl carbamates (subject to hydrolysis) is 1. The molecule has 2 atom stereocenters. The molecule has 0 aromatic heterocycles. The summed E-state index contributed by atoms with van der Waals surface area (Å²) in [4.78, 5) is 11.5. The molecular formula is C12H23NO3. The lowest BCUT2D eigenvalue weighted by molar-refractivity contribution is 0.0503. The Morgan fingerprint density at radius 1 is 1.38 bits per heavy atom. The van der Waals surface area contributed by atoms with Crippen LogP contribution in [0, 0.1) is 5.92 Å². The molecule has 1 aliphatic rings. The van der Waals surface area contributed by atoms with Crippen molar-refractivity contribution in [3.05, 3.63) is 0 Å². The number of amides is 1. The molecule has 0 aromatic carbocycles. The van der Waals surface area contributed by atoms with E-state index in [-0.39, 0.29) is 12.1 Å². The summed E-state index contributed by atoms with van der Waals surface area (Å²) < 4.78 is 10.3. The highest BCUT2D eigenvalue weighted by molar-refractivity contribution is 5.68.